The van der Waals surface area contributed by atoms with Gasteiger partial charge in [-0.1, -0.05) is 320 Å². The third-order valence-electron chi connectivity index (χ3n) is 14.4. The smallest absolute Gasteiger partial charge is 0.220 e. The average molecular weight is 941 g/mol. The molecule has 4 nitrogen and oxygen atoms in total. The van der Waals surface area contributed by atoms with E-state index in [1.54, 1.807) is 6.08 Å². The van der Waals surface area contributed by atoms with E-state index in [-0.39, 0.29) is 12.5 Å². The Labute approximate surface area is 421 Å². The summed E-state index contributed by atoms with van der Waals surface area (Å²) in [4.78, 5) is 12.5. The molecule has 0 saturated carbocycles. The highest BCUT2D eigenvalue weighted by molar-refractivity contribution is 5.76. The molecular formula is C63H121NO3. The molecule has 4 heteroatoms. The summed E-state index contributed by atoms with van der Waals surface area (Å²) in [6.07, 6.45) is 80.5. The standard InChI is InChI=1S/C63H121NO3/c1-3-5-7-9-11-13-15-17-19-21-23-25-27-28-29-30-31-32-33-34-35-37-38-40-42-44-46-48-50-52-54-56-58-62(66)61(60-65)64-63(67)59-57-55-53-51-49-47-45-43-41-39-36-26-24-22-20-18-16-14-12-10-8-6-4-2/h16,18,22,24,56,58,61-62,65-66H,3-15,17,19-21,23,25-55,57,59-60H2,1-2H3,(H,64,67)/b18-16-,24-22-,58-56+. The van der Waals surface area contributed by atoms with Crippen LogP contribution in [0.4, 0.5) is 0 Å². The minimum absolute atomic E-state index is 0.0617. The zero-order chi connectivity index (χ0) is 48.5. The van der Waals surface area contributed by atoms with Crippen molar-refractivity contribution in [3.63, 3.8) is 0 Å². The maximum atomic E-state index is 12.5. The van der Waals surface area contributed by atoms with E-state index in [1.807, 2.05) is 6.08 Å². The Morgan fingerprint density at radius 1 is 0.358 bits per heavy atom. The molecule has 0 aromatic heterocycles. The third kappa shape index (κ3) is 55.4. The molecule has 0 aliphatic carbocycles. The zero-order valence-electron chi connectivity index (χ0n) is 45.7. The van der Waals surface area contributed by atoms with Crippen molar-refractivity contribution in [2.45, 2.75) is 353 Å². The summed E-state index contributed by atoms with van der Waals surface area (Å²) < 4.78 is 0. The molecule has 2 unspecified atom stereocenters. The minimum Gasteiger partial charge on any atom is -0.394 e. The zero-order valence-corrected chi connectivity index (χ0v) is 45.7. The van der Waals surface area contributed by atoms with Crippen LogP contribution < -0.4 is 5.32 Å². The molecule has 0 spiro atoms. The Hall–Kier alpha value is -1.39. The van der Waals surface area contributed by atoms with Crippen LogP contribution in [0.3, 0.4) is 0 Å². The molecule has 3 N–H and O–H groups in total. The Bertz CT molecular complexity index is 1020. The van der Waals surface area contributed by atoms with E-state index in [2.05, 4.69) is 43.5 Å². The van der Waals surface area contributed by atoms with Gasteiger partial charge in [0.1, 0.15) is 0 Å². The van der Waals surface area contributed by atoms with Crippen LogP contribution in [-0.4, -0.2) is 34.9 Å². The normalized spacial score (nSPS) is 13.0. The van der Waals surface area contributed by atoms with Crippen LogP contribution >= 0.6 is 0 Å². The van der Waals surface area contributed by atoms with E-state index >= 15 is 0 Å². The maximum absolute atomic E-state index is 12.5. The van der Waals surface area contributed by atoms with Crippen molar-refractivity contribution < 1.29 is 15.0 Å². The topological polar surface area (TPSA) is 69.6 Å². The second kappa shape index (κ2) is 58.9. The number of hydrogen-bond acceptors (Lipinski definition) is 3. The SMILES string of the molecule is CCCCCCC/C=C\C/C=C\CCCCCCCCCCCCCC(=O)NC(CO)C(O)/C=C/CCCCCCCCCCCCCCCCCCCCCCCCCCCCCCCC. The molecule has 0 rings (SSSR count). The van der Waals surface area contributed by atoms with Crippen LogP contribution in [0.5, 0.6) is 0 Å². The first-order valence-corrected chi connectivity index (χ1v) is 30.7. The van der Waals surface area contributed by atoms with Crippen molar-refractivity contribution >= 4 is 5.91 Å². The molecule has 0 fully saturated rings. The van der Waals surface area contributed by atoms with Gasteiger partial charge in [0.15, 0.2) is 0 Å². The number of nitrogens with one attached hydrogen (secondary N) is 1. The van der Waals surface area contributed by atoms with E-state index in [0.29, 0.717) is 6.42 Å². The first-order valence-electron chi connectivity index (χ1n) is 30.7. The van der Waals surface area contributed by atoms with Gasteiger partial charge in [0.2, 0.25) is 5.91 Å². The van der Waals surface area contributed by atoms with Gasteiger partial charge in [0.25, 0.3) is 0 Å². The summed E-state index contributed by atoms with van der Waals surface area (Å²) >= 11 is 0. The molecule has 0 radical (unpaired) electrons. The number of amides is 1. The van der Waals surface area contributed by atoms with Crippen molar-refractivity contribution in [1.29, 1.82) is 0 Å². The molecule has 0 heterocycles. The molecule has 0 saturated heterocycles. The van der Waals surface area contributed by atoms with Crippen molar-refractivity contribution in [3.8, 4) is 0 Å². The second-order valence-corrected chi connectivity index (χ2v) is 21.1. The van der Waals surface area contributed by atoms with Crippen LogP contribution in [0.15, 0.2) is 36.5 Å². The summed E-state index contributed by atoms with van der Waals surface area (Å²) in [6, 6.07) is -0.624. The Morgan fingerprint density at radius 3 is 0.896 bits per heavy atom. The summed E-state index contributed by atoms with van der Waals surface area (Å²) in [6.45, 7) is 4.33. The van der Waals surface area contributed by atoms with Gasteiger partial charge in [-0.05, 0) is 51.4 Å². The lowest BCUT2D eigenvalue weighted by Gasteiger charge is -2.20. The van der Waals surface area contributed by atoms with E-state index in [4.69, 9.17) is 0 Å². The number of carbonyl (C=O) groups excluding carboxylic acids is 1. The first-order chi connectivity index (χ1) is 33.2. The molecule has 1 amide bonds. The molecule has 0 aromatic carbocycles. The average Bonchev–Trinajstić information content (AvgIpc) is 3.33. The van der Waals surface area contributed by atoms with Crippen molar-refractivity contribution in [1.82, 2.24) is 5.32 Å². The van der Waals surface area contributed by atoms with Gasteiger partial charge < -0.3 is 15.5 Å². The highest BCUT2D eigenvalue weighted by Crippen LogP contribution is 2.18. The van der Waals surface area contributed by atoms with Crippen LogP contribution in [0.25, 0.3) is 0 Å². The van der Waals surface area contributed by atoms with Crippen LogP contribution in [-0.2, 0) is 4.79 Å². The highest BCUT2D eigenvalue weighted by Gasteiger charge is 2.18. The summed E-state index contributed by atoms with van der Waals surface area (Å²) in [7, 11) is 0. The molecule has 2 atom stereocenters. The number of carbonyl (C=O) groups is 1. The molecule has 0 aliphatic heterocycles. The van der Waals surface area contributed by atoms with Crippen LogP contribution in [0, 0.1) is 0 Å². The largest absolute Gasteiger partial charge is 0.394 e. The fourth-order valence-electron chi connectivity index (χ4n) is 9.68. The van der Waals surface area contributed by atoms with Gasteiger partial charge in [-0.3, -0.25) is 4.79 Å². The molecule has 67 heavy (non-hydrogen) atoms. The number of rotatable bonds is 57. The molecule has 0 aromatic rings. The number of hydrogen-bond donors (Lipinski definition) is 3. The summed E-state index contributed by atoms with van der Waals surface area (Å²) in [5.41, 5.74) is 0. The number of aliphatic hydroxyl groups is 2. The third-order valence-corrected chi connectivity index (χ3v) is 14.4. The quantitative estimate of drug-likeness (QED) is 0.0420. The Kier molecular flexibility index (Phi) is 57.7. The molecular weight excluding hydrogens is 819 g/mol. The number of allylic oxidation sites excluding steroid dienone is 5. The van der Waals surface area contributed by atoms with Gasteiger partial charge in [-0.2, -0.15) is 0 Å². The van der Waals surface area contributed by atoms with E-state index < -0.39 is 12.1 Å². The molecule has 0 bridgehead atoms. The fourth-order valence-corrected chi connectivity index (χ4v) is 9.68. The van der Waals surface area contributed by atoms with Crippen LogP contribution in [0.1, 0.15) is 341 Å². The highest BCUT2D eigenvalue weighted by atomic mass is 16.3. The fraction of sp³-hybridized carbons (Fsp3) is 0.889. The number of unbranched alkanes of at least 4 members (excludes halogenated alkanes) is 46. The van der Waals surface area contributed by atoms with E-state index in [9.17, 15) is 15.0 Å². The Morgan fingerprint density at radius 2 is 0.612 bits per heavy atom. The molecule has 396 valence electrons. The maximum Gasteiger partial charge on any atom is 0.220 e. The minimum atomic E-state index is -0.841. The summed E-state index contributed by atoms with van der Waals surface area (Å²) in [5.74, 6) is -0.0617. The van der Waals surface area contributed by atoms with Gasteiger partial charge in [0, 0.05) is 6.42 Å². The Balaban J connectivity index is 3.45. The molecule has 0 aliphatic rings. The van der Waals surface area contributed by atoms with E-state index in [1.165, 1.54) is 289 Å². The van der Waals surface area contributed by atoms with Crippen molar-refractivity contribution in [2.75, 3.05) is 6.61 Å². The summed E-state index contributed by atoms with van der Waals surface area (Å²) in [5, 5.41) is 23.2. The van der Waals surface area contributed by atoms with Gasteiger partial charge >= 0.3 is 0 Å². The lowest BCUT2D eigenvalue weighted by atomic mass is 10.0. The van der Waals surface area contributed by atoms with Crippen molar-refractivity contribution in [3.05, 3.63) is 36.5 Å². The van der Waals surface area contributed by atoms with Gasteiger partial charge in [-0.15, -0.1) is 0 Å². The predicted octanol–water partition coefficient (Wildman–Crippen LogP) is 20.4. The predicted molar refractivity (Wildman–Crippen MR) is 299 cm³/mol. The van der Waals surface area contributed by atoms with Gasteiger partial charge in [-0.25, -0.2) is 0 Å². The first kappa shape index (κ1) is 65.6. The lowest BCUT2D eigenvalue weighted by molar-refractivity contribution is -0.123. The monoisotopic (exact) mass is 940 g/mol. The second-order valence-electron chi connectivity index (χ2n) is 21.1. The van der Waals surface area contributed by atoms with Crippen LogP contribution in [0.2, 0.25) is 0 Å². The number of aliphatic hydroxyl groups excluding tert-OH is 2. The van der Waals surface area contributed by atoms with E-state index in [0.717, 1.165) is 32.1 Å². The van der Waals surface area contributed by atoms with Crippen molar-refractivity contribution in [2.24, 2.45) is 0 Å². The van der Waals surface area contributed by atoms with Gasteiger partial charge in [0.05, 0.1) is 18.8 Å². The lowest BCUT2D eigenvalue weighted by Crippen LogP contribution is -2.45.